The Hall–Kier alpha value is -2.83. The number of ketones is 1. The molecule has 1 aromatic heterocycles. The van der Waals surface area contributed by atoms with Gasteiger partial charge in [-0.15, -0.1) is 0 Å². The molecule has 0 radical (unpaired) electrons. The Balaban J connectivity index is 1.03. The molecule has 0 N–H and O–H groups in total. The van der Waals surface area contributed by atoms with Gasteiger partial charge in [0.25, 0.3) is 0 Å². The standard InChI is InChI=1S/C32H32Cl2FN3O6S/c33-25-2-1-3-26(34)31(25)38-28(24(15-36-38)18-4-5-18)16-44-30-14-20-12-23(30)32(40)37(20)19-6-7-22(27(35)13-19)29(39)17-45(41,42)21-8-10-43-11-9-21/h1-3,6-7,13,15,18,20-21,23,30H,4-5,8-12,14,16-17H2/t20-,23+,30+/m0/s1. The maximum absolute atomic E-state index is 15.2. The van der Waals surface area contributed by atoms with E-state index in [-0.39, 0.29) is 30.2 Å². The van der Waals surface area contributed by atoms with E-state index < -0.39 is 38.4 Å². The number of hydrogen-bond acceptors (Lipinski definition) is 7. The third kappa shape index (κ3) is 5.82. The third-order valence-corrected chi connectivity index (χ3v) is 12.2. The minimum absolute atomic E-state index is 0.165. The van der Waals surface area contributed by atoms with E-state index in [1.165, 1.54) is 12.1 Å². The predicted molar refractivity (Wildman–Crippen MR) is 166 cm³/mol. The summed E-state index contributed by atoms with van der Waals surface area (Å²) < 4.78 is 54.0. The van der Waals surface area contributed by atoms with Crippen LogP contribution in [0.3, 0.4) is 0 Å². The first-order valence-electron chi connectivity index (χ1n) is 15.2. The number of carbonyl (C=O) groups excluding carboxylic acids is 2. The summed E-state index contributed by atoms with van der Waals surface area (Å²) in [5.41, 5.74) is 2.59. The number of halogens is 3. The Labute approximate surface area is 270 Å². The SMILES string of the molecule is O=C(CS(=O)(=O)C1CCOCC1)c1ccc(N2C(=O)[C@@H]3C[C@H]2C[C@H]3OCc2c(C3CC3)cnn2-c2c(Cl)cccc2Cl)cc1F. The van der Waals surface area contributed by atoms with E-state index in [9.17, 15) is 18.0 Å². The minimum atomic E-state index is -3.74. The average molecular weight is 677 g/mol. The molecule has 1 amide bonds. The highest BCUT2D eigenvalue weighted by Gasteiger charge is 2.52. The van der Waals surface area contributed by atoms with Crippen LogP contribution in [-0.2, 0) is 30.7 Å². The van der Waals surface area contributed by atoms with E-state index in [2.05, 4.69) is 5.10 Å². The zero-order chi connectivity index (χ0) is 31.5. The highest BCUT2D eigenvalue weighted by atomic mass is 35.5. The fraction of sp³-hybridized carbons (Fsp3) is 0.469. The van der Waals surface area contributed by atoms with Gasteiger partial charge in [0.15, 0.2) is 15.6 Å². The molecule has 7 rings (SSSR count). The molecular formula is C32H32Cl2FN3O6S. The maximum Gasteiger partial charge on any atom is 0.233 e. The van der Waals surface area contributed by atoms with E-state index in [1.54, 1.807) is 27.8 Å². The first-order chi connectivity index (χ1) is 21.6. The lowest BCUT2D eigenvalue weighted by Crippen LogP contribution is -2.43. The second kappa shape index (κ2) is 12.1. The molecule has 3 aromatic rings. The van der Waals surface area contributed by atoms with Gasteiger partial charge >= 0.3 is 0 Å². The van der Waals surface area contributed by atoms with Crippen molar-refractivity contribution in [2.24, 2.45) is 5.92 Å². The van der Waals surface area contributed by atoms with Gasteiger partial charge in [-0.3, -0.25) is 9.59 Å². The van der Waals surface area contributed by atoms with Gasteiger partial charge in [-0.05, 0) is 80.3 Å². The van der Waals surface area contributed by atoms with Crippen molar-refractivity contribution in [1.82, 2.24) is 9.78 Å². The molecule has 2 bridgehead atoms. The summed E-state index contributed by atoms with van der Waals surface area (Å²) in [5, 5.41) is 4.87. The number of carbonyl (C=O) groups is 2. The molecule has 2 saturated heterocycles. The van der Waals surface area contributed by atoms with Crippen molar-refractivity contribution in [3.8, 4) is 5.69 Å². The zero-order valence-electron chi connectivity index (χ0n) is 24.3. The summed E-state index contributed by atoms with van der Waals surface area (Å²) in [6, 6.07) is 9.05. The number of nitrogens with zero attached hydrogens (tertiary/aromatic N) is 3. The zero-order valence-corrected chi connectivity index (χ0v) is 26.7. The van der Waals surface area contributed by atoms with Crippen LogP contribution < -0.4 is 4.90 Å². The van der Waals surface area contributed by atoms with E-state index in [4.69, 9.17) is 32.7 Å². The van der Waals surface area contributed by atoms with Crippen LogP contribution in [0.15, 0.2) is 42.6 Å². The lowest BCUT2D eigenvalue weighted by Gasteiger charge is -2.31. The van der Waals surface area contributed by atoms with E-state index in [0.717, 1.165) is 30.2 Å². The molecule has 238 valence electrons. The number of hydrogen-bond donors (Lipinski definition) is 0. The highest BCUT2D eigenvalue weighted by molar-refractivity contribution is 7.92. The highest BCUT2D eigenvalue weighted by Crippen LogP contribution is 2.46. The van der Waals surface area contributed by atoms with E-state index >= 15 is 4.39 Å². The number of para-hydroxylation sites is 1. The normalized spacial score (nSPS) is 23.7. The fourth-order valence-electron chi connectivity index (χ4n) is 6.95. The number of rotatable bonds is 10. The second-order valence-corrected chi connectivity index (χ2v) is 15.4. The summed E-state index contributed by atoms with van der Waals surface area (Å²) in [6.45, 7) is 0.877. The summed E-state index contributed by atoms with van der Waals surface area (Å²) in [4.78, 5) is 27.9. The molecule has 0 spiro atoms. The van der Waals surface area contributed by atoms with Crippen LogP contribution in [0.1, 0.15) is 66.1 Å². The summed E-state index contributed by atoms with van der Waals surface area (Å²) in [5.74, 6) is -2.55. The van der Waals surface area contributed by atoms with E-state index in [0.29, 0.717) is 66.2 Å². The van der Waals surface area contributed by atoms with Gasteiger partial charge in [0.1, 0.15) is 17.3 Å². The van der Waals surface area contributed by atoms with Gasteiger partial charge in [-0.1, -0.05) is 29.3 Å². The number of benzene rings is 2. The molecule has 9 nitrogen and oxygen atoms in total. The largest absolute Gasteiger partial charge is 0.381 e. The molecule has 2 aromatic carbocycles. The van der Waals surface area contributed by atoms with E-state index in [1.807, 2.05) is 6.20 Å². The van der Waals surface area contributed by atoms with Gasteiger partial charge in [-0.25, -0.2) is 17.5 Å². The van der Waals surface area contributed by atoms with Crippen LogP contribution in [0.5, 0.6) is 0 Å². The summed E-state index contributed by atoms with van der Waals surface area (Å²) >= 11 is 13.0. The van der Waals surface area contributed by atoms with Crippen LogP contribution in [-0.4, -0.2) is 66.3 Å². The molecule has 2 aliphatic heterocycles. The fourth-order valence-corrected chi connectivity index (χ4v) is 9.18. The number of anilines is 1. The summed E-state index contributed by atoms with van der Waals surface area (Å²) in [6.07, 6.45) is 5.45. The van der Waals surface area contributed by atoms with Crippen molar-refractivity contribution in [2.45, 2.75) is 68.4 Å². The lowest BCUT2D eigenvalue weighted by molar-refractivity contribution is -0.126. The molecule has 3 atom stereocenters. The molecule has 3 heterocycles. The van der Waals surface area contributed by atoms with Gasteiger partial charge < -0.3 is 14.4 Å². The van der Waals surface area contributed by atoms with Gasteiger partial charge in [-0.2, -0.15) is 5.10 Å². The van der Waals surface area contributed by atoms with Crippen molar-refractivity contribution in [1.29, 1.82) is 0 Å². The monoisotopic (exact) mass is 675 g/mol. The van der Waals surface area contributed by atoms with Crippen molar-refractivity contribution < 1.29 is 31.9 Å². The third-order valence-electron chi connectivity index (χ3n) is 9.44. The van der Waals surface area contributed by atoms with Crippen molar-refractivity contribution in [3.05, 3.63) is 75.3 Å². The van der Waals surface area contributed by atoms with Gasteiger partial charge in [0, 0.05) is 24.9 Å². The van der Waals surface area contributed by atoms with Crippen LogP contribution in [0.25, 0.3) is 5.69 Å². The first kappa shape index (κ1) is 30.8. The number of piperidine rings is 1. The van der Waals surface area contributed by atoms with Gasteiger partial charge in [0.05, 0.1) is 51.4 Å². The molecule has 13 heteroatoms. The smallest absolute Gasteiger partial charge is 0.233 e. The molecule has 2 saturated carbocycles. The topological polar surface area (TPSA) is 108 Å². The number of fused-ring (bicyclic) bond motifs is 2. The first-order valence-corrected chi connectivity index (χ1v) is 17.7. The van der Waals surface area contributed by atoms with Gasteiger partial charge in [0.2, 0.25) is 5.91 Å². The average Bonchev–Trinajstić information content (AvgIpc) is 3.52. The van der Waals surface area contributed by atoms with Crippen LogP contribution in [0, 0.1) is 11.7 Å². The Bertz CT molecular complexity index is 1750. The van der Waals surface area contributed by atoms with Crippen LogP contribution >= 0.6 is 23.2 Å². The molecule has 45 heavy (non-hydrogen) atoms. The van der Waals surface area contributed by atoms with Crippen LogP contribution in [0.4, 0.5) is 10.1 Å². The predicted octanol–water partition coefficient (Wildman–Crippen LogP) is 5.68. The van der Waals surface area contributed by atoms with Crippen molar-refractivity contribution in [3.63, 3.8) is 0 Å². The summed E-state index contributed by atoms with van der Waals surface area (Å²) in [7, 11) is -3.74. The number of sulfone groups is 1. The number of amides is 1. The number of ether oxygens (including phenoxy) is 2. The molecule has 4 aliphatic rings. The Morgan fingerprint density at radius 3 is 2.47 bits per heavy atom. The second-order valence-electron chi connectivity index (χ2n) is 12.3. The number of aromatic nitrogens is 2. The molecule has 0 unspecified atom stereocenters. The Kier molecular flexibility index (Phi) is 8.27. The molecule has 4 fully saturated rings. The van der Waals surface area contributed by atoms with Crippen molar-refractivity contribution >= 4 is 50.4 Å². The minimum Gasteiger partial charge on any atom is -0.381 e. The Morgan fingerprint density at radius 1 is 1.07 bits per heavy atom. The molecular weight excluding hydrogens is 644 g/mol. The van der Waals surface area contributed by atoms with Crippen molar-refractivity contribution in [2.75, 3.05) is 23.9 Å². The lowest BCUT2D eigenvalue weighted by atomic mass is 10.0. The maximum atomic E-state index is 15.2. The Morgan fingerprint density at radius 2 is 1.80 bits per heavy atom. The number of Topliss-reactive ketones (excluding diaryl/α,β-unsaturated/α-hetero) is 1. The molecule has 2 aliphatic carbocycles. The van der Waals surface area contributed by atoms with Crippen LogP contribution in [0.2, 0.25) is 10.0 Å². The quantitative estimate of drug-likeness (QED) is 0.254.